The van der Waals surface area contributed by atoms with Crippen LogP contribution in [0, 0.1) is 5.92 Å². The van der Waals surface area contributed by atoms with Crippen LogP contribution in [0.2, 0.25) is 0 Å². The van der Waals surface area contributed by atoms with Gasteiger partial charge in [0.05, 0.1) is 18.8 Å². The maximum Gasteiger partial charge on any atom is 0.241 e. The molecule has 23 heavy (non-hydrogen) atoms. The lowest BCUT2D eigenvalue weighted by molar-refractivity contribution is -0.117. The molecule has 0 aliphatic heterocycles. The molecule has 0 spiro atoms. The van der Waals surface area contributed by atoms with Crippen molar-refractivity contribution < 1.29 is 9.53 Å². The van der Waals surface area contributed by atoms with E-state index in [0.29, 0.717) is 19.1 Å². The topological polar surface area (TPSA) is 64.4 Å². The predicted molar refractivity (Wildman–Crippen MR) is 94.2 cm³/mol. The molecule has 1 aliphatic rings. The molecule has 3 atom stereocenters. The van der Waals surface area contributed by atoms with E-state index in [1.165, 1.54) is 12.8 Å². The molecular formula is C19H30N2O2. The Kier molecular flexibility index (Phi) is 7.06. The summed E-state index contributed by atoms with van der Waals surface area (Å²) in [6.45, 7) is 4.92. The standard InChI is InChI=1S/C19H30N2O2/c1-3-6-18(20)19(22)21-16-9-5-8-15(12-16)13-23-17-10-4-7-14(2)11-17/h5,8-9,12,14,17-18H,3-4,6-7,10-11,13,20H2,1-2H3,(H,21,22). The van der Waals surface area contributed by atoms with E-state index in [4.69, 9.17) is 10.5 Å². The number of nitrogens with one attached hydrogen (secondary N) is 1. The Labute approximate surface area is 139 Å². The summed E-state index contributed by atoms with van der Waals surface area (Å²) >= 11 is 0. The van der Waals surface area contributed by atoms with Gasteiger partial charge >= 0.3 is 0 Å². The first-order valence-corrected chi connectivity index (χ1v) is 8.85. The number of rotatable bonds is 7. The highest BCUT2D eigenvalue weighted by Crippen LogP contribution is 2.26. The van der Waals surface area contributed by atoms with Gasteiger partial charge in [-0.2, -0.15) is 0 Å². The molecule has 0 saturated heterocycles. The molecule has 0 heterocycles. The number of amides is 1. The zero-order valence-electron chi connectivity index (χ0n) is 14.4. The third-order valence-corrected chi connectivity index (χ3v) is 4.50. The first-order valence-electron chi connectivity index (χ1n) is 8.85. The first-order chi connectivity index (χ1) is 11.1. The summed E-state index contributed by atoms with van der Waals surface area (Å²) in [6.07, 6.45) is 6.87. The lowest BCUT2D eigenvalue weighted by atomic mass is 9.89. The van der Waals surface area contributed by atoms with Crippen LogP contribution in [0.4, 0.5) is 5.69 Å². The lowest BCUT2D eigenvalue weighted by Gasteiger charge is -2.26. The molecule has 4 nitrogen and oxygen atoms in total. The second-order valence-corrected chi connectivity index (χ2v) is 6.79. The molecular weight excluding hydrogens is 288 g/mol. The van der Waals surface area contributed by atoms with Crippen LogP contribution in [0.1, 0.15) is 57.9 Å². The minimum absolute atomic E-state index is 0.119. The molecule has 1 aromatic rings. The van der Waals surface area contributed by atoms with Crippen molar-refractivity contribution in [3.8, 4) is 0 Å². The van der Waals surface area contributed by atoms with Gasteiger partial charge < -0.3 is 15.8 Å². The normalized spacial score (nSPS) is 22.6. The maximum absolute atomic E-state index is 12.0. The van der Waals surface area contributed by atoms with Crippen molar-refractivity contribution in [2.24, 2.45) is 11.7 Å². The Morgan fingerprint density at radius 2 is 2.26 bits per heavy atom. The van der Waals surface area contributed by atoms with Gasteiger partial charge in [0.1, 0.15) is 0 Å². The van der Waals surface area contributed by atoms with Crippen molar-refractivity contribution in [2.45, 2.75) is 71.1 Å². The van der Waals surface area contributed by atoms with Crippen molar-refractivity contribution >= 4 is 11.6 Å². The van der Waals surface area contributed by atoms with Crippen molar-refractivity contribution in [1.82, 2.24) is 0 Å². The largest absolute Gasteiger partial charge is 0.374 e. The smallest absolute Gasteiger partial charge is 0.241 e. The van der Waals surface area contributed by atoms with Gasteiger partial charge in [0, 0.05) is 5.69 Å². The van der Waals surface area contributed by atoms with Gasteiger partial charge in [-0.05, 0) is 42.9 Å². The molecule has 0 bridgehead atoms. The molecule has 2 rings (SSSR count). The van der Waals surface area contributed by atoms with E-state index < -0.39 is 6.04 Å². The number of hydrogen-bond acceptors (Lipinski definition) is 3. The highest BCUT2D eigenvalue weighted by Gasteiger charge is 2.19. The third kappa shape index (κ3) is 5.96. The van der Waals surface area contributed by atoms with Crippen LogP contribution in [-0.2, 0) is 16.1 Å². The summed E-state index contributed by atoms with van der Waals surface area (Å²) in [5.41, 5.74) is 7.73. The van der Waals surface area contributed by atoms with Crippen molar-refractivity contribution in [3.63, 3.8) is 0 Å². The minimum atomic E-state index is -0.441. The molecule has 1 fully saturated rings. The van der Waals surface area contributed by atoms with Gasteiger partial charge in [-0.3, -0.25) is 4.79 Å². The number of nitrogens with two attached hydrogens (primary N) is 1. The first kappa shape index (κ1) is 18.0. The monoisotopic (exact) mass is 318 g/mol. The molecule has 128 valence electrons. The number of carbonyl (C=O) groups excluding carboxylic acids is 1. The number of anilines is 1. The Hall–Kier alpha value is -1.39. The Bertz CT molecular complexity index is 504. The molecule has 1 saturated carbocycles. The molecule has 1 aliphatic carbocycles. The fourth-order valence-electron chi connectivity index (χ4n) is 3.16. The molecule has 0 aromatic heterocycles. The molecule has 4 heteroatoms. The van der Waals surface area contributed by atoms with Crippen LogP contribution in [0.5, 0.6) is 0 Å². The molecule has 0 radical (unpaired) electrons. The van der Waals surface area contributed by atoms with Gasteiger partial charge in [-0.15, -0.1) is 0 Å². The van der Waals surface area contributed by atoms with E-state index in [2.05, 4.69) is 12.2 Å². The summed E-state index contributed by atoms with van der Waals surface area (Å²) in [4.78, 5) is 12.0. The highest BCUT2D eigenvalue weighted by atomic mass is 16.5. The van der Waals surface area contributed by atoms with Crippen molar-refractivity contribution in [1.29, 1.82) is 0 Å². The molecule has 1 amide bonds. The van der Waals surface area contributed by atoms with E-state index in [0.717, 1.165) is 36.4 Å². The van der Waals surface area contributed by atoms with E-state index in [-0.39, 0.29) is 5.91 Å². The summed E-state index contributed by atoms with van der Waals surface area (Å²) in [7, 11) is 0. The molecule has 1 aromatic carbocycles. The van der Waals surface area contributed by atoms with Gasteiger partial charge in [0.15, 0.2) is 0 Å². The third-order valence-electron chi connectivity index (χ3n) is 4.50. The average molecular weight is 318 g/mol. The van der Waals surface area contributed by atoms with Gasteiger partial charge in [-0.25, -0.2) is 0 Å². The number of benzene rings is 1. The fraction of sp³-hybridized carbons (Fsp3) is 0.632. The Morgan fingerprint density at radius 3 is 3.00 bits per heavy atom. The Balaban J connectivity index is 1.85. The van der Waals surface area contributed by atoms with Crippen LogP contribution >= 0.6 is 0 Å². The second-order valence-electron chi connectivity index (χ2n) is 6.79. The van der Waals surface area contributed by atoms with E-state index in [9.17, 15) is 4.79 Å². The van der Waals surface area contributed by atoms with Gasteiger partial charge in [0.2, 0.25) is 5.91 Å². The summed E-state index contributed by atoms with van der Waals surface area (Å²) in [5, 5.41) is 2.89. The number of ether oxygens (including phenoxy) is 1. The van der Waals surface area contributed by atoms with E-state index >= 15 is 0 Å². The Morgan fingerprint density at radius 1 is 1.43 bits per heavy atom. The zero-order valence-corrected chi connectivity index (χ0v) is 14.4. The highest BCUT2D eigenvalue weighted by molar-refractivity contribution is 5.94. The van der Waals surface area contributed by atoms with Gasteiger partial charge in [-0.1, -0.05) is 45.2 Å². The van der Waals surface area contributed by atoms with Crippen LogP contribution < -0.4 is 11.1 Å². The molecule has 3 N–H and O–H groups in total. The molecule has 3 unspecified atom stereocenters. The number of hydrogen-bond donors (Lipinski definition) is 2. The van der Waals surface area contributed by atoms with Crippen molar-refractivity contribution in [2.75, 3.05) is 5.32 Å². The van der Waals surface area contributed by atoms with Crippen molar-refractivity contribution in [3.05, 3.63) is 29.8 Å². The van der Waals surface area contributed by atoms with E-state index in [1.54, 1.807) is 0 Å². The lowest BCUT2D eigenvalue weighted by Crippen LogP contribution is -2.35. The average Bonchev–Trinajstić information content (AvgIpc) is 2.53. The fourth-order valence-corrected chi connectivity index (χ4v) is 3.16. The van der Waals surface area contributed by atoms with Crippen LogP contribution in [0.15, 0.2) is 24.3 Å². The number of carbonyl (C=O) groups is 1. The second kappa shape index (κ2) is 9.04. The van der Waals surface area contributed by atoms with Crippen LogP contribution in [0.3, 0.4) is 0 Å². The SMILES string of the molecule is CCCC(N)C(=O)Nc1cccc(COC2CCCC(C)C2)c1. The van der Waals surface area contributed by atoms with Crippen LogP contribution in [-0.4, -0.2) is 18.1 Å². The van der Waals surface area contributed by atoms with Gasteiger partial charge in [0.25, 0.3) is 0 Å². The summed E-state index contributed by atoms with van der Waals surface area (Å²) in [5.74, 6) is 0.644. The predicted octanol–water partition coefficient (Wildman–Crippen LogP) is 3.85. The maximum atomic E-state index is 12.0. The zero-order chi connectivity index (χ0) is 16.7. The summed E-state index contributed by atoms with van der Waals surface area (Å²) in [6, 6.07) is 7.41. The summed E-state index contributed by atoms with van der Waals surface area (Å²) < 4.78 is 6.05. The van der Waals surface area contributed by atoms with Crippen LogP contribution in [0.25, 0.3) is 0 Å². The quantitative estimate of drug-likeness (QED) is 0.802. The minimum Gasteiger partial charge on any atom is -0.374 e. The van der Waals surface area contributed by atoms with E-state index in [1.807, 2.05) is 31.2 Å².